The molecule has 0 radical (unpaired) electrons. The van der Waals surface area contributed by atoms with Crippen molar-refractivity contribution in [1.82, 2.24) is 0 Å². The number of hydrogen-bond acceptors (Lipinski definition) is 3. The summed E-state index contributed by atoms with van der Waals surface area (Å²) in [7, 11) is 0. The lowest BCUT2D eigenvalue weighted by molar-refractivity contribution is -0.137. The zero-order valence-electron chi connectivity index (χ0n) is 10.4. The Bertz CT molecular complexity index is 508. The van der Waals surface area contributed by atoms with E-state index in [4.69, 9.17) is 5.26 Å². The maximum atomic E-state index is 12.7. The van der Waals surface area contributed by atoms with Crippen molar-refractivity contribution in [3.8, 4) is 6.07 Å². The normalized spacial score (nSPS) is 20.2. The van der Waals surface area contributed by atoms with Crippen LogP contribution in [0.15, 0.2) is 18.2 Å². The molecule has 0 bridgehead atoms. The predicted octanol–water partition coefficient (Wildman–Crippen LogP) is 3.52. The molecule has 1 aliphatic heterocycles. The number of nitriles is 1. The van der Waals surface area contributed by atoms with Gasteiger partial charge in [0.25, 0.3) is 0 Å². The second kappa shape index (κ2) is 5.33. The van der Waals surface area contributed by atoms with Crippen LogP contribution in [0.25, 0.3) is 0 Å². The first-order valence-electron chi connectivity index (χ1n) is 5.89. The molecule has 0 N–H and O–H groups in total. The number of thioether (sulfide) groups is 1. The predicted molar refractivity (Wildman–Crippen MR) is 70.3 cm³/mol. The summed E-state index contributed by atoms with van der Waals surface area (Å²) in [5.74, 6) is 1.90. The van der Waals surface area contributed by atoms with Crippen molar-refractivity contribution in [1.29, 1.82) is 5.26 Å². The summed E-state index contributed by atoms with van der Waals surface area (Å²) in [5, 5.41) is 8.90. The topological polar surface area (TPSA) is 27.0 Å². The molecule has 102 valence electrons. The lowest BCUT2D eigenvalue weighted by Gasteiger charge is -2.35. The van der Waals surface area contributed by atoms with Crippen molar-refractivity contribution >= 4 is 17.4 Å². The van der Waals surface area contributed by atoms with Gasteiger partial charge in [0.15, 0.2) is 0 Å². The van der Waals surface area contributed by atoms with Crippen LogP contribution in [0.3, 0.4) is 0 Å². The van der Waals surface area contributed by atoms with Crippen molar-refractivity contribution in [2.75, 3.05) is 23.0 Å². The van der Waals surface area contributed by atoms with Crippen LogP contribution in [0.4, 0.5) is 18.9 Å². The highest BCUT2D eigenvalue weighted by Crippen LogP contribution is 2.34. The second-order valence-corrected chi connectivity index (χ2v) is 5.61. The summed E-state index contributed by atoms with van der Waals surface area (Å²) >= 11 is 1.83. The van der Waals surface area contributed by atoms with Gasteiger partial charge in [0, 0.05) is 29.8 Å². The quantitative estimate of drug-likeness (QED) is 0.790. The molecule has 1 atom stereocenters. The van der Waals surface area contributed by atoms with Crippen LogP contribution in [0.1, 0.15) is 18.1 Å². The Morgan fingerprint density at radius 3 is 2.74 bits per heavy atom. The molecule has 1 aromatic rings. The summed E-state index contributed by atoms with van der Waals surface area (Å²) in [6.07, 6.45) is -4.48. The Balaban J connectivity index is 2.37. The van der Waals surface area contributed by atoms with Gasteiger partial charge in [-0.1, -0.05) is 0 Å². The number of halogens is 3. The number of rotatable bonds is 1. The highest BCUT2D eigenvalue weighted by Gasteiger charge is 2.34. The minimum atomic E-state index is -4.48. The molecule has 1 aromatic carbocycles. The molecule has 1 saturated heterocycles. The van der Waals surface area contributed by atoms with E-state index in [1.54, 1.807) is 6.07 Å². The first-order valence-corrected chi connectivity index (χ1v) is 7.04. The number of benzene rings is 1. The second-order valence-electron chi connectivity index (χ2n) is 4.46. The molecule has 0 amide bonds. The molecule has 1 heterocycles. The van der Waals surface area contributed by atoms with Crippen molar-refractivity contribution in [3.63, 3.8) is 0 Å². The minimum Gasteiger partial charge on any atom is -0.367 e. The van der Waals surface area contributed by atoms with Gasteiger partial charge in [0.2, 0.25) is 0 Å². The summed E-state index contributed by atoms with van der Waals surface area (Å²) < 4.78 is 38.2. The van der Waals surface area contributed by atoms with Gasteiger partial charge in [-0.3, -0.25) is 0 Å². The van der Waals surface area contributed by atoms with Crippen molar-refractivity contribution in [2.45, 2.75) is 19.1 Å². The number of anilines is 1. The van der Waals surface area contributed by atoms with E-state index < -0.39 is 11.7 Å². The molecule has 2 rings (SSSR count). The Labute approximate surface area is 114 Å². The van der Waals surface area contributed by atoms with Gasteiger partial charge in [-0.2, -0.15) is 30.2 Å². The maximum Gasteiger partial charge on any atom is 0.417 e. The fourth-order valence-corrected chi connectivity index (χ4v) is 3.17. The first kappa shape index (κ1) is 14.1. The van der Waals surface area contributed by atoms with E-state index in [9.17, 15) is 13.2 Å². The minimum absolute atomic E-state index is 0.266. The van der Waals surface area contributed by atoms with Gasteiger partial charge in [0.1, 0.15) is 0 Å². The average molecular weight is 286 g/mol. The molecule has 0 aliphatic carbocycles. The fraction of sp³-hybridized carbons (Fsp3) is 0.462. The maximum absolute atomic E-state index is 12.7. The zero-order valence-corrected chi connectivity index (χ0v) is 11.2. The third kappa shape index (κ3) is 2.98. The average Bonchev–Trinajstić information content (AvgIpc) is 2.37. The van der Waals surface area contributed by atoms with E-state index in [-0.39, 0.29) is 11.6 Å². The molecular formula is C13H13F3N2S. The van der Waals surface area contributed by atoms with Crippen LogP contribution >= 0.6 is 11.8 Å². The van der Waals surface area contributed by atoms with Crippen LogP contribution in [0, 0.1) is 11.3 Å². The molecular weight excluding hydrogens is 273 g/mol. The van der Waals surface area contributed by atoms with E-state index in [1.165, 1.54) is 12.1 Å². The van der Waals surface area contributed by atoms with Crippen LogP contribution in [0.2, 0.25) is 0 Å². The van der Waals surface area contributed by atoms with Crippen molar-refractivity contribution in [2.24, 2.45) is 0 Å². The first-order chi connectivity index (χ1) is 8.93. The monoisotopic (exact) mass is 286 g/mol. The Hall–Kier alpha value is -1.35. The third-order valence-corrected chi connectivity index (χ3v) is 4.32. The van der Waals surface area contributed by atoms with E-state index in [0.717, 1.165) is 24.1 Å². The van der Waals surface area contributed by atoms with Crippen molar-refractivity contribution < 1.29 is 13.2 Å². The zero-order chi connectivity index (χ0) is 14.0. The molecule has 1 aliphatic rings. The molecule has 6 heteroatoms. The molecule has 2 nitrogen and oxygen atoms in total. The molecule has 19 heavy (non-hydrogen) atoms. The van der Waals surface area contributed by atoms with Gasteiger partial charge in [-0.05, 0) is 25.1 Å². The lowest BCUT2D eigenvalue weighted by atomic mass is 10.1. The third-order valence-electron chi connectivity index (χ3n) is 3.13. The highest BCUT2D eigenvalue weighted by molar-refractivity contribution is 7.99. The van der Waals surface area contributed by atoms with Crippen LogP contribution in [0.5, 0.6) is 0 Å². The molecule has 1 fully saturated rings. The van der Waals surface area contributed by atoms with Crippen LogP contribution in [-0.4, -0.2) is 24.1 Å². The molecule has 0 spiro atoms. The van der Waals surface area contributed by atoms with Crippen LogP contribution in [-0.2, 0) is 6.18 Å². The summed E-state index contributed by atoms with van der Waals surface area (Å²) in [5.41, 5.74) is -0.481. The highest BCUT2D eigenvalue weighted by atomic mass is 32.2. The van der Waals surface area contributed by atoms with E-state index in [0.29, 0.717) is 5.69 Å². The van der Waals surface area contributed by atoms with E-state index in [1.807, 2.05) is 18.7 Å². The number of nitrogens with zero attached hydrogens (tertiary/aromatic N) is 2. The van der Waals surface area contributed by atoms with Crippen molar-refractivity contribution in [3.05, 3.63) is 29.3 Å². The molecule has 0 aromatic heterocycles. The number of alkyl halides is 3. The van der Waals surface area contributed by atoms with E-state index >= 15 is 0 Å². The van der Waals surface area contributed by atoms with Gasteiger partial charge < -0.3 is 4.90 Å². The summed E-state index contributed by atoms with van der Waals surface area (Å²) in [6, 6.07) is 5.71. The summed E-state index contributed by atoms with van der Waals surface area (Å²) in [6.45, 7) is 2.83. The summed E-state index contributed by atoms with van der Waals surface area (Å²) in [4.78, 5) is 2.05. The van der Waals surface area contributed by atoms with Gasteiger partial charge in [-0.25, -0.2) is 0 Å². The molecule has 1 unspecified atom stereocenters. The number of hydrogen-bond donors (Lipinski definition) is 0. The fourth-order valence-electron chi connectivity index (χ4n) is 2.16. The molecule has 0 saturated carbocycles. The smallest absolute Gasteiger partial charge is 0.367 e. The lowest BCUT2D eigenvalue weighted by Crippen LogP contribution is -2.40. The standard InChI is InChI=1S/C13H13F3N2S/c1-9-8-19-5-4-18(9)11-2-3-12(13(14,15)16)10(6-11)7-17/h2-3,6,9H,4-5,8H2,1H3. The Morgan fingerprint density at radius 1 is 1.42 bits per heavy atom. The SMILES string of the molecule is CC1CSCCN1c1ccc(C(F)(F)F)c(C#N)c1. The van der Waals surface area contributed by atoms with Gasteiger partial charge in [0.05, 0.1) is 17.2 Å². The van der Waals surface area contributed by atoms with Crippen LogP contribution < -0.4 is 4.90 Å². The van der Waals surface area contributed by atoms with Gasteiger partial charge in [-0.15, -0.1) is 0 Å². The largest absolute Gasteiger partial charge is 0.417 e. The van der Waals surface area contributed by atoms with Gasteiger partial charge >= 0.3 is 6.18 Å². The van der Waals surface area contributed by atoms with E-state index in [2.05, 4.69) is 4.90 Å². The Morgan fingerprint density at radius 2 is 2.16 bits per heavy atom. The Kier molecular flexibility index (Phi) is 3.95.